The maximum absolute atomic E-state index is 12.8. The summed E-state index contributed by atoms with van der Waals surface area (Å²) >= 11 is 16.1. The predicted molar refractivity (Wildman–Crippen MR) is 108 cm³/mol. The van der Waals surface area contributed by atoms with E-state index in [1.54, 1.807) is 37.5 Å². The lowest BCUT2D eigenvalue weighted by Gasteiger charge is -2.14. The summed E-state index contributed by atoms with van der Waals surface area (Å²) in [5.74, 6) is 0.514. The van der Waals surface area contributed by atoms with Crippen molar-refractivity contribution >= 4 is 73.5 Å². The third kappa shape index (κ3) is 3.52. The molecule has 0 spiro atoms. The number of rotatable bonds is 3. The van der Waals surface area contributed by atoms with Crippen LogP contribution in [0.4, 0.5) is 5.69 Å². The smallest absolute Gasteiger partial charge is 0.270 e. The number of benzene rings is 2. The first-order valence-electron chi connectivity index (χ1n) is 6.86. The predicted octanol–water partition coefficient (Wildman–Crippen LogP) is 5.52. The van der Waals surface area contributed by atoms with E-state index in [1.165, 1.54) is 16.7 Å². The third-order valence-corrected chi connectivity index (χ3v) is 5.37. The summed E-state index contributed by atoms with van der Waals surface area (Å²) in [7, 11) is 1.60. The van der Waals surface area contributed by atoms with Gasteiger partial charge in [-0.3, -0.25) is 9.69 Å². The van der Waals surface area contributed by atoms with Gasteiger partial charge in [0.15, 0.2) is 4.32 Å². The zero-order chi connectivity index (χ0) is 17.3. The fraction of sp³-hybridized carbons (Fsp3) is 0.0588. The van der Waals surface area contributed by atoms with E-state index in [0.717, 1.165) is 10.0 Å². The van der Waals surface area contributed by atoms with Gasteiger partial charge in [0.25, 0.3) is 5.91 Å². The van der Waals surface area contributed by atoms with Crippen molar-refractivity contribution in [2.24, 2.45) is 0 Å². The molecular weight excluding hydrogens is 430 g/mol. The molecule has 1 aliphatic heterocycles. The molecular formula is C17H11BrClNO2S2. The number of thiocarbonyl (C=S) groups is 1. The molecule has 0 atom stereocenters. The van der Waals surface area contributed by atoms with E-state index in [9.17, 15) is 4.79 Å². The molecule has 3 nitrogen and oxygen atoms in total. The third-order valence-electron chi connectivity index (χ3n) is 3.34. The number of methoxy groups -OCH3 is 1. The topological polar surface area (TPSA) is 29.5 Å². The van der Waals surface area contributed by atoms with Crippen molar-refractivity contribution in [3.05, 3.63) is 62.4 Å². The zero-order valence-electron chi connectivity index (χ0n) is 12.5. The molecule has 3 rings (SSSR count). The largest absolute Gasteiger partial charge is 0.496 e. The molecule has 0 unspecified atom stereocenters. The minimum Gasteiger partial charge on any atom is -0.496 e. The van der Waals surface area contributed by atoms with E-state index in [1.807, 2.05) is 18.2 Å². The number of hydrogen-bond donors (Lipinski definition) is 0. The lowest BCUT2D eigenvalue weighted by atomic mass is 10.2. The molecule has 0 N–H and O–H groups in total. The molecule has 2 aromatic carbocycles. The second-order valence-corrected chi connectivity index (χ2v) is 7.91. The highest BCUT2D eigenvalue weighted by atomic mass is 79.9. The molecule has 0 aromatic heterocycles. The van der Waals surface area contributed by atoms with Gasteiger partial charge in [0.05, 0.1) is 17.7 Å². The summed E-state index contributed by atoms with van der Waals surface area (Å²) in [5, 5.41) is 0.555. The van der Waals surface area contributed by atoms with Crippen LogP contribution in [0.1, 0.15) is 5.56 Å². The molecule has 1 aliphatic rings. The van der Waals surface area contributed by atoms with Crippen LogP contribution >= 0.6 is 51.5 Å². The van der Waals surface area contributed by atoms with Crippen molar-refractivity contribution in [1.82, 2.24) is 0 Å². The van der Waals surface area contributed by atoms with Crippen LogP contribution in [0.3, 0.4) is 0 Å². The Labute approximate surface area is 162 Å². The Morgan fingerprint density at radius 1 is 1.29 bits per heavy atom. The van der Waals surface area contributed by atoms with Crippen LogP contribution in [-0.2, 0) is 4.79 Å². The second kappa shape index (κ2) is 7.27. The molecule has 1 saturated heterocycles. The Kier molecular flexibility index (Phi) is 5.30. The van der Waals surface area contributed by atoms with Crippen LogP contribution in [0.5, 0.6) is 5.75 Å². The Morgan fingerprint density at radius 2 is 2.08 bits per heavy atom. The average molecular weight is 441 g/mol. The molecule has 24 heavy (non-hydrogen) atoms. The van der Waals surface area contributed by atoms with Gasteiger partial charge in [0.1, 0.15) is 5.75 Å². The molecule has 0 saturated carbocycles. The first kappa shape index (κ1) is 17.5. The summed E-state index contributed by atoms with van der Waals surface area (Å²) in [4.78, 5) is 14.8. The van der Waals surface area contributed by atoms with E-state index in [2.05, 4.69) is 15.9 Å². The minimum atomic E-state index is -0.172. The number of ether oxygens (including phenoxy) is 1. The Hall–Kier alpha value is -1.34. The van der Waals surface area contributed by atoms with E-state index >= 15 is 0 Å². The highest BCUT2D eigenvalue weighted by Crippen LogP contribution is 2.38. The number of hydrogen-bond acceptors (Lipinski definition) is 4. The summed E-state index contributed by atoms with van der Waals surface area (Å²) < 4.78 is 6.73. The van der Waals surface area contributed by atoms with Gasteiger partial charge in [-0.2, -0.15) is 0 Å². The van der Waals surface area contributed by atoms with Crippen LogP contribution in [-0.4, -0.2) is 17.3 Å². The highest BCUT2D eigenvalue weighted by Gasteiger charge is 2.33. The number of nitrogens with zero attached hydrogens (tertiary/aromatic N) is 1. The van der Waals surface area contributed by atoms with Crippen LogP contribution in [0.25, 0.3) is 6.08 Å². The van der Waals surface area contributed by atoms with Crippen molar-refractivity contribution in [2.45, 2.75) is 0 Å². The maximum Gasteiger partial charge on any atom is 0.270 e. The van der Waals surface area contributed by atoms with Gasteiger partial charge in [0.2, 0.25) is 0 Å². The fourth-order valence-corrected chi connectivity index (χ4v) is 4.12. The fourth-order valence-electron chi connectivity index (χ4n) is 2.26. The van der Waals surface area contributed by atoms with Gasteiger partial charge in [-0.1, -0.05) is 57.6 Å². The van der Waals surface area contributed by atoms with Gasteiger partial charge in [-0.05, 0) is 42.5 Å². The van der Waals surface area contributed by atoms with Crippen molar-refractivity contribution < 1.29 is 9.53 Å². The van der Waals surface area contributed by atoms with Crippen LogP contribution in [0.15, 0.2) is 51.8 Å². The Morgan fingerprint density at radius 3 is 2.79 bits per heavy atom. The number of amides is 1. The first-order chi connectivity index (χ1) is 11.5. The number of thioether (sulfide) groups is 1. The number of halogens is 2. The minimum absolute atomic E-state index is 0.172. The van der Waals surface area contributed by atoms with Gasteiger partial charge in [-0.15, -0.1) is 0 Å². The molecule has 1 amide bonds. The molecule has 0 radical (unpaired) electrons. The van der Waals surface area contributed by atoms with Crippen molar-refractivity contribution in [1.29, 1.82) is 0 Å². The standard InChI is InChI=1S/C17H11BrClNO2S2/c1-22-14-6-5-11(18)7-10(14)8-15-16(21)20(17(23)24-15)13-4-2-3-12(19)9-13/h2-9H,1H3. The van der Waals surface area contributed by atoms with Crippen molar-refractivity contribution in [2.75, 3.05) is 12.0 Å². The number of carbonyl (C=O) groups excluding carboxylic acids is 1. The summed E-state index contributed by atoms with van der Waals surface area (Å²) in [6, 6.07) is 12.7. The normalized spacial score (nSPS) is 16.1. The Bertz CT molecular complexity index is 869. The molecule has 0 bridgehead atoms. The SMILES string of the molecule is COc1ccc(Br)cc1C=C1SC(=S)N(c2cccc(Cl)c2)C1=O. The first-order valence-corrected chi connectivity index (χ1v) is 9.26. The molecule has 0 aliphatic carbocycles. The molecule has 2 aromatic rings. The summed E-state index contributed by atoms with van der Waals surface area (Å²) in [6.45, 7) is 0. The molecule has 1 heterocycles. The van der Waals surface area contributed by atoms with E-state index in [-0.39, 0.29) is 5.91 Å². The second-order valence-electron chi connectivity index (χ2n) is 4.88. The van der Waals surface area contributed by atoms with Crippen molar-refractivity contribution in [3.63, 3.8) is 0 Å². The average Bonchev–Trinajstić information content (AvgIpc) is 2.81. The lowest BCUT2D eigenvalue weighted by Crippen LogP contribution is -2.27. The molecule has 7 heteroatoms. The van der Waals surface area contributed by atoms with Crippen LogP contribution in [0.2, 0.25) is 5.02 Å². The lowest BCUT2D eigenvalue weighted by molar-refractivity contribution is -0.113. The van der Waals surface area contributed by atoms with Gasteiger partial charge in [0, 0.05) is 15.1 Å². The van der Waals surface area contributed by atoms with Gasteiger partial charge >= 0.3 is 0 Å². The van der Waals surface area contributed by atoms with Crippen molar-refractivity contribution in [3.8, 4) is 5.75 Å². The summed E-state index contributed by atoms with van der Waals surface area (Å²) in [5.41, 5.74) is 1.47. The zero-order valence-corrected chi connectivity index (χ0v) is 16.4. The monoisotopic (exact) mass is 439 g/mol. The summed E-state index contributed by atoms with van der Waals surface area (Å²) in [6.07, 6.45) is 1.79. The van der Waals surface area contributed by atoms with E-state index in [4.69, 9.17) is 28.6 Å². The number of carbonyl (C=O) groups is 1. The quantitative estimate of drug-likeness (QED) is 0.464. The van der Waals surface area contributed by atoms with E-state index in [0.29, 0.717) is 25.7 Å². The number of anilines is 1. The van der Waals surface area contributed by atoms with E-state index < -0.39 is 0 Å². The maximum atomic E-state index is 12.8. The van der Waals surface area contributed by atoms with Gasteiger partial charge in [-0.25, -0.2) is 0 Å². The Balaban J connectivity index is 1.99. The van der Waals surface area contributed by atoms with Gasteiger partial charge < -0.3 is 4.74 Å². The van der Waals surface area contributed by atoms with Crippen LogP contribution in [0, 0.1) is 0 Å². The highest BCUT2D eigenvalue weighted by molar-refractivity contribution is 9.10. The van der Waals surface area contributed by atoms with Crippen LogP contribution < -0.4 is 9.64 Å². The molecule has 122 valence electrons. The molecule has 1 fully saturated rings.